The first-order chi connectivity index (χ1) is 8.28. The second kappa shape index (κ2) is 6.50. The van der Waals surface area contributed by atoms with Gasteiger partial charge >= 0.3 is 0 Å². The Kier molecular flexibility index (Phi) is 4.99. The largest absolute Gasteiger partial charge is 0.469 e. The number of hydrogen-bond acceptors (Lipinski definition) is 3. The van der Waals surface area contributed by atoms with Gasteiger partial charge in [0.05, 0.1) is 6.26 Å². The summed E-state index contributed by atoms with van der Waals surface area (Å²) in [7, 11) is 0. The summed E-state index contributed by atoms with van der Waals surface area (Å²) in [5, 5.41) is 4.63. The molecule has 1 aromatic rings. The Morgan fingerprint density at radius 1 is 1.41 bits per heavy atom. The average molecular weight is 253 g/mol. The minimum Gasteiger partial charge on any atom is -0.469 e. The number of nitrogens with one attached hydrogen (secondary N) is 1. The fourth-order valence-corrected chi connectivity index (χ4v) is 3.40. The smallest absolute Gasteiger partial charge is 0.105 e. The summed E-state index contributed by atoms with van der Waals surface area (Å²) in [5.41, 5.74) is 0. The minimum atomic E-state index is 0.511. The molecule has 0 amide bonds. The molecule has 1 heterocycles. The molecule has 1 aliphatic rings. The zero-order valence-electron chi connectivity index (χ0n) is 10.8. The van der Waals surface area contributed by atoms with E-state index in [2.05, 4.69) is 24.6 Å². The van der Waals surface area contributed by atoms with Crippen LogP contribution in [0.25, 0.3) is 0 Å². The molecule has 0 spiro atoms. The fraction of sp³-hybridized carbons (Fsp3) is 0.714. The van der Waals surface area contributed by atoms with Crippen molar-refractivity contribution in [1.29, 1.82) is 0 Å². The molecule has 1 aromatic heterocycles. The van der Waals surface area contributed by atoms with E-state index >= 15 is 0 Å². The first kappa shape index (κ1) is 13.0. The van der Waals surface area contributed by atoms with Gasteiger partial charge in [-0.05, 0) is 51.0 Å². The summed E-state index contributed by atoms with van der Waals surface area (Å²) in [4.78, 5) is 0. The van der Waals surface area contributed by atoms with Crippen LogP contribution in [0, 0.1) is 0 Å². The van der Waals surface area contributed by atoms with Crippen LogP contribution in [0.2, 0.25) is 0 Å². The highest BCUT2D eigenvalue weighted by Gasteiger charge is 2.21. The quantitative estimate of drug-likeness (QED) is 0.870. The van der Waals surface area contributed by atoms with Gasteiger partial charge in [-0.15, -0.1) is 0 Å². The van der Waals surface area contributed by atoms with Crippen molar-refractivity contribution >= 4 is 11.8 Å². The van der Waals surface area contributed by atoms with Gasteiger partial charge in [0.1, 0.15) is 5.76 Å². The van der Waals surface area contributed by atoms with Crippen LogP contribution in [0.1, 0.15) is 38.4 Å². The summed E-state index contributed by atoms with van der Waals surface area (Å²) in [6.07, 6.45) is 10.4. The Balaban J connectivity index is 1.70. The summed E-state index contributed by atoms with van der Waals surface area (Å²) in [5.74, 6) is 1.09. The number of furan rings is 1. The van der Waals surface area contributed by atoms with Crippen LogP contribution in [0.5, 0.6) is 0 Å². The van der Waals surface area contributed by atoms with Gasteiger partial charge in [-0.1, -0.05) is 0 Å². The lowest BCUT2D eigenvalue weighted by Crippen LogP contribution is -2.40. The number of rotatable bonds is 5. The SMILES string of the molecule is CSC1CCC(NC(C)Cc2ccco2)CC1. The molecule has 0 saturated heterocycles. The van der Waals surface area contributed by atoms with Crippen molar-refractivity contribution in [3.05, 3.63) is 24.2 Å². The Morgan fingerprint density at radius 2 is 2.18 bits per heavy atom. The second-order valence-corrected chi connectivity index (χ2v) is 6.20. The zero-order valence-corrected chi connectivity index (χ0v) is 11.6. The normalized spacial score (nSPS) is 26.9. The van der Waals surface area contributed by atoms with Crippen molar-refractivity contribution in [2.24, 2.45) is 0 Å². The van der Waals surface area contributed by atoms with E-state index in [1.165, 1.54) is 25.7 Å². The molecular formula is C14H23NOS. The van der Waals surface area contributed by atoms with Gasteiger partial charge in [0.15, 0.2) is 0 Å². The van der Waals surface area contributed by atoms with E-state index in [-0.39, 0.29) is 0 Å². The van der Waals surface area contributed by atoms with Crippen LogP contribution in [0.3, 0.4) is 0 Å². The molecule has 1 atom stereocenters. The molecule has 17 heavy (non-hydrogen) atoms. The molecule has 1 unspecified atom stereocenters. The highest BCUT2D eigenvalue weighted by Crippen LogP contribution is 2.27. The van der Waals surface area contributed by atoms with Crippen LogP contribution in [0.4, 0.5) is 0 Å². The van der Waals surface area contributed by atoms with E-state index in [4.69, 9.17) is 4.42 Å². The van der Waals surface area contributed by atoms with Crippen LogP contribution < -0.4 is 5.32 Å². The van der Waals surface area contributed by atoms with Gasteiger partial charge in [-0.3, -0.25) is 0 Å². The van der Waals surface area contributed by atoms with Crippen LogP contribution in [0.15, 0.2) is 22.8 Å². The average Bonchev–Trinajstić information content (AvgIpc) is 2.82. The molecule has 2 nitrogen and oxygen atoms in total. The van der Waals surface area contributed by atoms with E-state index in [9.17, 15) is 0 Å². The number of thioether (sulfide) groups is 1. The van der Waals surface area contributed by atoms with Crippen LogP contribution in [-0.2, 0) is 6.42 Å². The van der Waals surface area contributed by atoms with Crippen molar-refractivity contribution in [2.45, 2.75) is 56.4 Å². The molecule has 1 saturated carbocycles. The topological polar surface area (TPSA) is 25.2 Å². The molecule has 2 rings (SSSR count). The van der Waals surface area contributed by atoms with E-state index < -0.39 is 0 Å². The predicted molar refractivity (Wildman–Crippen MR) is 74.6 cm³/mol. The maximum absolute atomic E-state index is 5.38. The zero-order chi connectivity index (χ0) is 12.1. The Bertz CT molecular complexity index is 304. The standard InChI is InChI=1S/C14H23NOS/c1-11(10-13-4-3-9-16-13)15-12-5-7-14(17-2)8-6-12/h3-4,9,11-12,14-15H,5-8,10H2,1-2H3. The molecule has 1 N–H and O–H groups in total. The van der Waals surface area contributed by atoms with E-state index in [0.717, 1.165) is 17.4 Å². The van der Waals surface area contributed by atoms with Crippen molar-refractivity contribution in [2.75, 3.05) is 6.26 Å². The van der Waals surface area contributed by atoms with Gasteiger partial charge in [0.2, 0.25) is 0 Å². The third-order valence-corrected chi connectivity index (χ3v) is 4.75. The summed E-state index contributed by atoms with van der Waals surface area (Å²) in [6, 6.07) is 5.24. The molecule has 3 heteroatoms. The van der Waals surface area contributed by atoms with Crippen LogP contribution in [-0.4, -0.2) is 23.6 Å². The molecule has 96 valence electrons. The maximum atomic E-state index is 5.38. The molecule has 0 bridgehead atoms. The lowest BCUT2D eigenvalue weighted by molar-refractivity contribution is 0.339. The molecule has 0 radical (unpaired) electrons. The second-order valence-electron chi connectivity index (χ2n) is 5.06. The first-order valence-corrected chi connectivity index (χ1v) is 7.88. The van der Waals surface area contributed by atoms with Gasteiger partial charge in [0, 0.05) is 23.8 Å². The monoisotopic (exact) mass is 253 g/mol. The lowest BCUT2D eigenvalue weighted by Gasteiger charge is -2.30. The maximum Gasteiger partial charge on any atom is 0.105 e. The molecule has 1 aliphatic carbocycles. The number of hydrogen-bond donors (Lipinski definition) is 1. The molecule has 0 aliphatic heterocycles. The summed E-state index contributed by atoms with van der Waals surface area (Å²) < 4.78 is 5.38. The molecule has 0 aromatic carbocycles. The summed E-state index contributed by atoms with van der Waals surface area (Å²) in [6.45, 7) is 2.25. The Morgan fingerprint density at radius 3 is 2.76 bits per heavy atom. The molecular weight excluding hydrogens is 230 g/mol. The first-order valence-electron chi connectivity index (χ1n) is 6.59. The van der Waals surface area contributed by atoms with E-state index in [0.29, 0.717) is 12.1 Å². The van der Waals surface area contributed by atoms with Gasteiger partial charge < -0.3 is 9.73 Å². The highest BCUT2D eigenvalue weighted by molar-refractivity contribution is 7.99. The van der Waals surface area contributed by atoms with Crippen molar-refractivity contribution in [3.63, 3.8) is 0 Å². The third kappa shape index (κ3) is 4.07. The predicted octanol–water partition coefficient (Wildman–Crippen LogP) is 3.47. The van der Waals surface area contributed by atoms with Crippen molar-refractivity contribution < 1.29 is 4.42 Å². The lowest BCUT2D eigenvalue weighted by atomic mass is 9.94. The van der Waals surface area contributed by atoms with Crippen LogP contribution >= 0.6 is 11.8 Å². The van der Waals surface area contributed by atoms with Crippen molar-refractivity contribution in [3.8, 4) is 0 Å². The Hall–Kier alpha value is -0.410. The third-order valence-electron chi connectivity index (χ3n) is 3.62. The van der Waals surface area contributed by atoms with Gasteiger partial charge in [0.25, 0.3) is 0 Å². The van der Waals surface area contributed by atoms with Gasteiger partial charge in [-0.2, -0.15) is 11.8 Å². The van der Waals surface area contributed by atoms with Gasteiger partial charge in [-0.25, -0.2) is 0 Å². The van der Waals surface area contributed by atoms with E-state index in [1.54, 1.807) is 6.26 Å². The summed E-state index contributed by atoms with van der Waals surface area (Å²) >= 11 is 2.03. The van der Waals surface area contributed by atoms with Crippen molar-refractivity contribution in [1.82, 2.24) is 5.32 Å². The highest BCUT2D eigenvalue weighted by atomic mass is 32.2. The molecule has 1 fully saturated rings. The fourth-order valence-electron chi connectivity index (χ4n) is 2.66. The minimum absolute atomic E-state index is 0.511. The van der Waals surface area contributed by atoms with E-state index in [1.807, 2.05) is 17.8 Å². The Labute approximate surface area is 109 Å².